The number of aromatic nitrogens is 4. The Morgan fingerprint density at radius 2 is 1.88 bits per heavy atom. The first-order valence-electron chi connectivity index (χ1n) is 12.5. The summed E-state index contributed by atoms with van der Waals surface area (Å²) in [5.74, 6) is 2.62. The number of fused-ring (bicyclic) bond motifs is 4. The molecule has 2 saturated carbocycles. The van der Waals surface area contributed by atoms with E-state index in [-0.39, 0.29) is 11.9 Å². The van der Waals surface area contributed by atoms with Crippen molar-refractivity contribution in [2.45, 2.75) is 38.3 Å². The molecule has 174 valence electrons. The van der Waals surface area contributed by atoms with Crippen molar-refractivity contribution in [2.24, 2.45) is 30.5 Å². The number of imidazole rings is 1. The molecular weight excluding hydrogens is 424 g/mol. The van der Waals surface area contributed by atoms with E-state index in [0.717, 1.165) is 72.0 Å². The highest BCUT2D eigenvalue weighted by atomic mass is 16.2. The number of hydrogen-bond acceptors (Lipinski definition) is 4. The molecule has 7 heteroatoms. The number of pyridine rings is 1. The molecule has 7 nitrogen and oxygen atoms in total. The van der Waals surface area contributed by atoms with Gasteiger partial charge in [0.15, 0.2) is 5.82 Å². The monoisotopic (exact) mass is 454 g/mol. The Morgan fingerprint density at radius 1 is 1.09 bits per heavy atom. The van der Waals surface area contributed by atoms with Crippen LogP contribution in [0.4, 0.5) is 0 Å². The topological polar surface area (TPSA) is 82.0 Å². The number of rotatable bonds is 4. The van der Waals surface area contributed by atoms with Crippen LogP contribution in [0, 0.1) is 17.8 Å². The van der Waals surface area contributed by atoms with Gasteiger partial charge < -0.3 is 19.8 Å². The normalized spacial score (nSPS) is 24.4. The first-order chi connectivity index (χ1) is 16.6. The second-order valence-electron chi connectivity index (χ2n) is 10.6. The predicted octanol–water partition coefficient (Wildman–Crippen LogP) is 3.81. The lowest BCUT2D eigenvalue weighted by atomic mass is 9.92. The molecule has 1 amide bonds. The number of nitrogens with two attached hydrogens (primary N) is 1. The quantitative estimate of drug-likeness (QED) is 0.508. The molecule has 0 spiro atoms. The Bertz CT molecular complexity index is 1420. The summed E-state index contributed by atoms with van der Waals surface area (Å²) < 4.78 is 4.47. The Kier molecular flexibility index (Phi) is 4.40. The SMILES string of the molecule is Cn1c(-c2cc3cccnc3n2CC2CC2)nc2cc(C(=O)N3CC4CCC(C3)C4N)ccc21. The van der Waals surface area contributed by atoms with E-state index >= 15 is 0 Å². The van der Waals surface area contributed by atoms with Gasteiger partial charge in [-0.15, -0.1) is 0 Å². The van der Waals surface area contributed by atoms with Crippen LogP contribution in [0.1, 0.15) is 36.0 Å². The van der Waals surface area contributed by atoms with Crippen LogP contribution >= 0.6 is 0 Å². The first-order valence-corrected chi connectivity index (χ1v) is 12.5. The highest BCUT2D eigenvalue weighted by Crippen LogP contribution is 2.37. The Hall–Kier alpha value is -3.19. The van der Waals surface area contributed by atoms with Crippen molar-refractivity contribution in [3.8, 4) is 11.5 Å². The van der Waals surface area contributed by atoms with E-state index < -0.39 is 0 Å². The summed E-state index contributed by atoms with van der Waals surface area (Å²) in [6, 6.07) is 12.5. The lowest BCUT2D eigenvalue weighted by Crippen LogP contribution is -2.50. The molecule has 0 radical (unpaired) electrons. The third kappa shape index (κ3) is 3.10. The third-order valence-corrected chi connectivity index (χ3v) is 8.34. The molecule has 3 fully saturated rings. The average molecular weight is 455 g/mol. The van der Waals surface area contributed by atoms with Gasteiger partial charge in [0.1, 0.15) is 5.65 Å². The third-order valence-electron chi connectivity index (χ3n) is 8.34. The van der Waals surface area contributed by atoms with Gasteiger partial charge in [-0.05, 0) is 79.8 Å². The minimum atomic E-state index is 0.102. The Morgan fingerprint density at radius 3 is 2.65 bits per heavy atom. The van der Waals surface area contributed by atoms with Crippen molar-refractivity contribution in [3.05, 3.63) is 48.2 Å². The van der Waals surface area contributed by atoms with Gasteiger partial charge in [-0.2, -0.15) is 0 Å². The van der Waals surface area contributed by atoms with E-state index in [9.17, 15) is 4.79 Å². The number of aryl methyl sites for hydroxylation is 1. The second-order valence-corrected chi connectivity index (χ2v) is 10.6. The van der Waals surface area contributed by atoms with E-state index in [1.807, 2.05) is 35.4 Å². The largest absolute Gasteiger partial charge is 0.338 e. The van der Waals surface area contributed by atoms with Crippen molar-refractivity contribution in [1.29, 1.82) is 0 Å². The standard InChI is InChI=1S/C27H30N6O/c1-31-22-9-8-18(27(34)32-14-19-6-7-20(15-32)24(19)28)11-21(22)30-26(31)23-12-17-3-2-10-29-25(17)33(23)13-16-4-5-16/h2-3,8-12,16,19-20,24H,4-7,13-15,28H2,1H3. The van der Waals surface area contributed by atoms with Crippen LogP contribution in [0.5, 0.6) is 0 Å². The molecule has 2 aliphatic carbocycles. The van der Waals surface area contributed by atoms with E-state index in [0.29, 0.717) is 17.4 Å². The van der Waals surface area contributed by atoms with E-state index in [1.165, 1.54) is 12.8 Å². The number of nitrogens with zero attached hydrogens (tertiary/aromatic N) is 5. The molecule has 3 aromatic heterocycles. The molecular formula is C27H30N6O. The van der Waals surface area contributed by atoms with Crippen LogP contribution in [0.25, 0.3) is 33.6 Å². The molecule has 2 atom stereocenters. The summed E-state index contributed by atoms with van der Waals surface area (Å²) in [5.41, 5.74) is 11.1. The summed E-state index contributed by atoms with van der Waals surface area (Å²) >= 11 is 0. The molecule has 34 heavy (non-hydrogen) atoms. The number of amides is 1. The number of piperidine rings is 1. The summed E-state index contributed by atoms with van der Waals surface area (Å²) in [5, 5.41) is 1.14. The lowest BCUT2D eigenvalue weighted by molar-refractivity contribution is 0.0637. The number of benzene rings is 1. The minimum Gasteiger partial charge on any atom is -0.338 e. The van der Waals surface area contributed by atoms with Crippen LogP contribution in [-0.4, -0.2) is 49.0 Å². The van der Waals surface area contributed by atoms with Crippen LogP contribution in [0.2, 0.25) is 0 Å². The zero-order valence-electron chi connectivity index (χ0n) is 19.5. The molecule has 1 aliphatic heterocycles. The smallest absolute Gasteiger partial charge is 0.253 e. The summed E-state index contributed by atoms with van der Waals surface area (Å²) in [4.78, 5) is 25.1. The zero-order valence-corrected chi connectivity index (χ0v) is 19.5. The van der Waals surface area contributed by atoms with Gasteiger partial charge in [0.2, 0.25) is 0 Å². The zero-order chi connectivity index (χ0) is 23.0. The first kappa shape index (κ1) is 20.2. The Labute approximate surface area is 198 Å². The molecule has 4 heterocycles. The molecule has 1 saturated heterocycles. The lowest BCUT2D eigenvalue weighted by Gasteiger charge is -2.36. The van der Waals surface area contributed by atoms with Gasteiger partial charge in [-0.25, -0.2) is 9.97 Å². The molecule has 4 aromatic rings. The van der Waals surface area contributed by atoms with E-state index in [2.05, 4.69) is 33.3 Å². The molecule has 2 N–H and O–H groups in total. The Balaban J connectivity index is 1.27. The van der Waals surface area contributed by atoms with Crippen molar-refractivity contribution < 1.29 is 4.79 Å². The predicted molar refractivity (Wildman–Crippen MR) is 132 cm³/mol. The second kappa shape index (κ2) is 7.40. The molecule has 7 rings (SSSR count). The molecule has 3 aliphatic rings. The molecule has 2 bridgehead atoms. The molecule has 1 aromatic carbocycles. The number of carbonyl (C=O) groups excluding carboxylic acids is 1. The summed E-state index contributed by atoms with van der Waals surface area (Å²) in [7, 11) is 2.06. The van der Waals surface area contributed by atoms with Gasteiger partial charge in [-0.3, -0.25) is 4.79 Å². The molecule has 2 unspecified atom stereocenters. The fourth-order valence-corrected chi connectivity index (χ4v) is 6.19. The van der Waals surface area contributed by atoms with Crippen LogP contribution in [0.15, 0.2) is 42.6 Å². The number of likely N-dealkylation sites (tertiary alicyclic amines) is 1. The maximum absolute atomic E-state index is 13.4. The van der Waals surface area contributed by atoms with E-state index in [1.54, 1.807) is 0 Å². The average Bonchev–Trinajstić information content (AvgIpc) is 3.48. The van der Waals surface area contributed by atoms with Gasteiger partial charge in [-0.1, -0.05) is 0 Å². The maximum atomic E-state index is 13.4. The number of hydrogen-bond donors (Lipinski definition) is 1. The van der Waals surface area contributed by atoms with Crippen molar-refractivity contribution in [2.75, 3.05) is 13.1 Å². The van der Waals surface area contributed by atoms with Crippen LogP contribution < -0.4 is 5.73 Å². The van der Waals surface area contributed by atoms with Gasteiger partial charge >= 0.3 is 0 Å². The van der Waals surface area contributed by atoms with Crippen LogP contribution in [-0.2, 0) is 13.6 Å². The fourth-order valence-electron chi connectivity index (χ4n) is 6.19. The maximum Gasteiger partial charge on any atom is 0.253 e. The minimum absolute atomic E-state index is 0.102. The van der Waals surface area contributed by atoms with Gasteiger partial charge in [0.25, 0.3) is 5.91 Å². The van der Waals surface area contributed by atoms with Crippen molar-refractivity contribution >= 4 is 28.0 Å². The van der Waals surface area contributed by atoms with Gasteiger partial charge in [0, 0.05) is 49.9 Å². The van der Waals surface area contributed by atoms with E-state index in [4.69, 9.17) is 10.7 Å². The van der Waals surface area contributed by atoms with Crippen molar-refractivity contribution in [3.63, 3.8) is 0 Å². The van der Waals surface area contributed by atoms with Crippen LogP contribution in [0.3, 0.4) is 0 Å². The number of carbonyl (C=O) groups is 1. The van der Waals surface area contributed by atoms with Crippen molar-refractivity contribution in [1.82, 2.24) is 24.0 Å². The fraction of sp³-hybridized carbons (Fsp3) is 0.444. The highest BCUT2D eigenvalue weighted by Gasteiger charge is 2.41. The van der Waals surface area contributed by atoms with Gasteiger partial charge in [0.05, 0.1) is 16.7 Å². The highest BCUT2D eigenvalue weighted by molar-refractivity contribution is 5.98. The summed E-state index contributed by atoms with van der Waals surface area (Å²) in [6.45, 7) is 2.52. The summed E-state index contributed by atoms with van der Waals surface area (Å²) in [6.07, 6.45) is 6.71.